The minimum Gasteiger partial charge on any atom is -0.444 e. The highest BCUT2D eigenvalue weighted by Crippen LogP contribution is 2.34. The molecular weight excluding hydrogens is 507 g/mol. The third-order valence-electron chi connectivity index (χ3n) is 5.16. The van der Waals surface area contributed by atoms with Gasteiger partial charge in [0.05, 0.1) is 21.9 Å². The Morgan fingerprint density at radius 2 is 1.89 bits per heavy atom. The summed E-state index contributed by atoms with van der Waals surface area (Å²) in [6.45, 7) is 7.44. The maximum absolute atomic E-state index is 15.0. The van der Waals surface area contributed by atoms with Gasteiger partial charge in [-0.3, -0.25) is 4.79 Å². The van der Waals surface area contributed by atoms with Gasteiger partial charge in [0, 0.05) is 6.26 Å². The van der Waals surface area contributed by atoms with E-state index in [0.29, 0.717) is 6.07 Å². The molecule has 0 spiro atoms. The van der Waals surface area contributed by atoms with E-state index in [9.17, 15) is 30.8 Å². The maximum atomic E-state index is 15.0. The summed E-state index contributed by atoms with van der Waals surface area (Å²) >= 11 is 0. The fourth-order valence-corrected chi connectivity index (χ4v) is 4.96. The van der Waals surface area contributed by atoms with Crippen LogP contribution in [-0.2, 0) is 34.0 Å². The first-order valence-electron chi connectivity index (χ1n) is 10.2. The first-order chi connectivity index (χ1) is 15.8. The number of nitrogens with one attached hydrogen (secondary N) is 2. The molecule has 1 aliphatic rings. The lowest BCUT2D eigenvalue weighted by atomic mass is 10.1. The summed E-state index contributed by atoms with van der Waals surface area (Å²) in [5, 5.41) is 8.18. The molecule has 1 aromatic heterocycles. The molecule has 1 aliphatic heterocycles. The molecule has 192 valence electrons. The summed E-state index contributed by atoms with van der Waals surface area (Å²) in [6.07, 6.45) is -0.0272. The van der Waals surface area contributed by atoms with Crippen molar-refractivity contribution in [2.45, 2.75) is 55.9 Å². The van der Waals surface area contributed by atoms with Crippen molar-refractivity contribution >= 4 is 37.4 Å². The lowest BCUT2D eigenvalue weighted by molar-refractivity contribution is -0.117. The molecule has 35 heavy (non-hydrogen) atoms. The zero-order valence-corrected chi connectivity index (χ0v) is 21.4. The number of benzene rings is 1. The number of fused-ring (bicyclic) bond motifs is 1. The zero-order valence-electron chi connectivity index (χ0n) is 19.8. The molecule has 0 saturated heterocycles. The Morgan fingerprint density at radius 3 is 2.46 bits per heavy atom. The van der Waals surface area contributed by atoms with Crippen LogP contribution in [0.3, 0.4) is 0 Å². The third kappa shape index (κ3) is 5.45. The quantitative estimate of drug-likeness (QED) is 0.590. The number of amides is 2. The van der Waals surface area contributed by atoms with E-state index in [4.69, 9.17) is 9.26 Å². The van der Waals surface area contributed by atoms with Crippen molar-refractivity contribution in [3.8, 4) is 11.4 Å². The summed E-state index contributed by atoms with van der Waals surface area (Å²) in [4.78, 5) is 28.2. The maximum Gasteiger partial charge on any atom is 0.408 e. The van der Waals surface area contributed by atoms with Gasteiger partial charge in [-0.2, -0.15) is 4.98 Å². The van der Waals surface area contributed by atoms with Gasteiger partial charge in [0.25, 0.3) is 0 Å². The van der Waals surface area contributed by atoms with E-state index in [0.717, 1.165) is 12.3 Å². The number of hydrogen-bond donors (Lipinski definition) is 2. The molecule has 0 aliphatic carbocycles. The highest BCUT2D eigenvalue weighted by molar-refractivity contribution is 7.92. The second-order valence-corrected chi connectivity index (χ2v) is 14.1. The first kappa shape index (κ1) is 26.5. The SMILES string of the molecule is CC(C)(C)OC(=O)N[C@H]1CS(=O)(=O)c2cc(F)c(-c3noc(C(C)(C)S(C)(=O)=O)n3)cc2NC1=O. The van der Waals surface area contributed by atoms with Crippen molar-refractivity contribution < 1.29 is 40.1 Å². The molecule has 2 aromatic rings. The van der Waals surface area contributed by atoms with Gasteiger partial charge in [-0.1, -0.05) is 5.16 Å². The Hall–Kier alpha value is -3.07. The highest BCUT2D eigenvalue weighted by atomic mass is 32.2. The number of rotatable bonds is 4. The molecule has 2 N–H and O–H groups in total. The van der Waals surface area contributed by atoms with Crippen molar-refractivity contribution in [2.24, 2.45) is 0 Å². The second kappa shape index (κ2) is 8.55. The monoisotopic (exact) mass is 532 g/mol. The predicted molar refractivity (Wildman–Crippen MR) is 121 cm³/mol. The number of sulfone groups is 2. The highest BCUT2D eigenvalue weighted by Gasteiger charge is 2.39. The van der Waals surface area contributed by atoms with E-state index in [-0.39, 0.29) is 23.0 Å². The van der Waals surface area contributed by atoms with Gasteiger partial charge < -0.3 is 19.9 Å². The zero-order chi connectivity index (χ0) is 26.6. The van der Waals surface area contributed by atoms with Crippen LogP contribution in [0.25, 0.3) is 11.4 Å². The van der Waals surface area contributed by atoms with Crippen LogP contribution in [0.1, 0.15) is 40.5 Å². The van der Waals surface area contributed by atoms with Crippen molar-refractivity contribution in [1.29, 1.82) is 0 Å². The van der Waals surface area contributed by atoms with E-state index in [2.05, 4.69) is 20.8 Å². The van der Waals surface area contributed by atoms with Crippen LogP contribution in [0.15, 0.2) is 21.6 Å². The van der Waals surface area contributed by atoms with E-state index >= 15 is 0 Å². The number of hydrogen-bond acceptors (Lipinski definition) is 10. The van der Waals surface area contributed by atoms with Gasteiger partial charge in [0.1, 0.15) is 22.2 Å². The summed E-state index contributed by atoms with van der Waals surface area (Å²) in [6, 6.07) is 0.174. The lowest BCUT2D eigenvalue weighted by Gasteiger charge is -2.22. The van der Waals surface area contributed by atoms with Crippen LogP contribution < -0.4 is 10.6 Å². The van der Waals surface area contributed by atoms with Crippen LogP contribution in [0.4, 0.5) is 14.9 Å². The van der Waals surface area contributed by atoms with Gasteiger partial charge in [0.2, 0.25) is 17.6 Å². The van der Waals surface area contributed by atoms with Crippen LogP contribution in [0.2, 0.25) is 0 Å². The Bertz CT molecular complexity index is 1410. The first-order valence-corrected chi connectivity index (χ1v) is 13.8. The van der Waals surface area contributed by atoms with Crippen molar-refractivity contribution in [2.75, 3.05) is 17.3 Å². The largest absolute Gasteiger partial charge is 0.444 e. The normalized spacial score (nSPS) is 18.3. The van der Waals surface area contributed by atoms with Gasteiger partial charge in [-0.05, 0) is 46.8 Å². The molecule has 0 fully saturated rings. The molecule has 15 heteroatoms. The number of halogens is 1. The number of anilines is 1. The Labute approximate surface area is 201 Å². The lowest BCUT2D eigenvalue weighted by Crippen LogP contribution is -2.48. The van der Waals surface area contributed by atoms with Crippen molar-refractivity contribution in [1.82, 2.24) is 15.5 Å². The molecule has 1 atom stereocenters. The number of carbonyl (C=O) groups is 2. The van der Waals surface area contributed by atoms with E-state index < -0.39 is 64.5 Å². The molecule has 2 amide bonds. The van der Waals surface area contributed by atoms with Crippen LogP contribution in [0, 0.1) is 5.82 Å². The van der Waals surface area contributed by atoms with Crippen molar-refractivity contribution in [3.05, 3.63) is 23.8 Å². The average Bonchev–Trinajstić information content (AvgIpc) is 3.13. The summed E-state index contributed by atoms with van der Waals surface area (Å²) in [5.41, 5.74) is -1.49. The molecule has 0 bridgehead atoms. The number of aromatic nitrogens is 2. The van der Waals surface area contributed by atoms with E-state index in [1.807, 2.05) is 0 Å². The number of ether oxygens (including phenoxy) is 1. The second-order valence-electron chi connectivity index (χ2n) is 9.50. The van der Waals surface area contributed by atoms with Crippen LogP contribution in [-0.4, -0.2) is 62.6 Å². The van der Waals surface area contributed by atoms with E-state index in [1.165, 1.54) is 13.8 Å². The van der Waals surface area contributed by atoms with Crippen LogP contribution >= 0.6 is 0 Å². The summed E-state index contributed by atoms with van der Waals surface area (Å²) < 4.78 is 73.3. The number of nitrogens with zero attached hydrogens (tertiary/aromatic N) is 2. The Morgan fingerprint density at radius 1 is 1.26 bits per heavy atom. The number of carbonyl (C=O) groups excluding carboxylic acids is 2. The molecule has 2 heterocycles. The standard InChI is InChI=1S/C20H25FN4O8S2/c1-19(2,3)32-18(27)23-13-9-35(30,31)14-8-11(21)10(7-12(14)22-16(13)26)15-24-17(33-25-15)20(4,5)34(6,28)29/h7-8,13H,9H2,1-6H3,(H,22,26)(H,23,27)/t13-/m0/s1. The van der Waals surface area contributed by atoms with E-state index in [1.54, 1.807) is 20.8 Å². The fourth-order valence-electron chi connectivity index (χ4n) is 2.98. The molecule has 3 rings (SSSR count). The molecular formula is C20H25FN4O8S2. The minimum atomic E-state index is -4.25. The Kier molecular flexibility index (Phi) is 6.48. The smallest absolute Gasteiger partial charge is 0.408 e. The average molecular weight is 533 g/mol. The molecule has 0 unspecified atom stereocenters. The predicted octanol–water partition coefficient (Wildman–Crippen LogP) is 1.77. The van der Waals surface area contributed by atoms with Crippen LogP contribution in [0.5, 0.6) is 0 Å². The summed E-state index contributed by atoms with van der Waals surface area (Å²) in [5.74, 6) is -3.41. The van der Waals surface area contributed by atoms with Gasteiger partial charge >= 0.3 is 6.09 Å². The Balaban J connectivity index is 1.99. The van der Waals surface area contributed by atoms with Gasteiger partial charge in [-0.15, -0.1) is 0 Å². The topological polar surface area (TPSA) is 175 Å². The number of alkyl carbamates (subject to hydrolysis) is 1. The molecule has 0 radical (unpaired) electrons. The van der Waals surface area contributed by atoms with Gasteiger partial charge in [0.15, 0.2) is 19.7 Å². The molecule has 0 saturated carbocycles. The fraction of sp³-hybridized carbons (Fsp3) is 0.500. The van der Waals surface area contributed by atoms with Crippen molar-refractivity contribution in [3.63, 3.8) is 0 Å². The molecule has 1 aromatic carbocycles. The van der Waals surface area contributed by atoms with Gasteiger partial charge in [-0.25, -0.2) is 26.0 Å². The summed E-state index contributed by atoms with van der Waals surface area (Å²) in [7, 11) is -7.92. The molecule has 12 nitrogen and oxygen atoms in total. The minimum absolute atomic E-state index is 0.270. The third-order valence-corrected chi connectivity index (χ3v) is 8.97.